The van der Waals surface area contributed by atoms with Gasteiger partial charge in [-0.1, -0.05) is 6.07 Å². The normalized spacial score (nSPS) is 19.4. The average Bonchev–Trinajstić information content (AvgIpc) is 3.46. The Bertz CT molecular complexity index is 1330. The molecule has 2 aliphatic rings. The molecule has 1 saturated carbocycles. The number of rotatable bonds is 3. The van der Waals surface area contributed by atoms with E-state index in [0.717, 1.165) is 42.0 Å². The van der Waals surface area contributed by atoms with E-state index >= 15 is 0 Å². The van der Waals surface area contributed by atoms with E-state index in [9.17, 15) is 9.18 Å². The maximum absolute atomic E-state index is 13.5. The summed E-state index contributed by atoms with van der Waals surface area (Å²) in [7, 11) is 0. The second-order valence-corrected chi connectivity index (χ2v) is 8.02. The fourth-order valence-electron chi connectivity index (χ4n) is 5.01. The summed E-state index contributed by atoms with van der Waals surface area (Å²) >= 11 is 0. The quantitative estimate of drug-likeness (QED) is 0.559. The van der Waals surface area contributed by atoms with Gasteiger partial charge in [-0.3, -0.25) is 14.8 Å². The number of hydrogen-bond donors (Lipinski definition) is 1. The molecule has 1 aliphatic carbocycles. The van der Waals surface area contributed by atoms with Crippen LogP contribution in [0.25, 0.3) is 33.5 Å². The summed E-state index contributed by atoms with van der Waals surface area (Å²) in [5.74, 6) is 0.655. The highest BCUT2D eigenvalue weighted by molar-refractivity contribution is 6.06. The van der Waals surface area contributed by atoms with Gasteiger partial charge in [0.1, 0.15) is 17.3 Å². The number of imidazole rings is 1. The standard InChI is InChI=1S/C23H18FN5O/c24-14-3-6-19(27-11-14)20-21(29-15-4-1-13(9-15)23(29)28-20)12-2-5-18-17(10-12)16(22(25)30)7-8-26-18/h2-3,5-8,10-11,13,15H,1,4,9H2,(H2,25,30)/t13-,15+/m0/s1. The van der Waals surface area contributed by atoms with Crippen molar-refractivity contribution in [1.82, 2.24) is 19.5 Å². The minimum absolute atomic E-state index is 0.380. The molecule has 4 aromatic rings. The third-order valence-electron chi connectivity index (χ3n) is 6.32. The summed E-state index contributed by atoms with van der Waals surface area (Å²) < 4.78 is 15.8. The Labute approximate surface area is 171 Å². The third kappa shape index (κ3) is 2.41. The predicted molar refractivity (Wildman–Crippen MR) is 110 cm³/mol. The monoisotopic (exact) mass is 399 g/mol. The molecule has 2 atom stereocenters. The number of amides is 1. The number of nitrogens with two attached hydrogens (primary N) is 1. The maximum Gasteiger partial charge on any atom is 0.249 e. The molecule has 0 saturated heterocycles. The highest BCUT2D eigenvalue weighted by Gasteiger charge is 2.41. The number of hydrogen-bond acceptors (Lipinski definition) is 4. The van der Waals surface area contributed by atoms with E-state index in [0.29, 0.717) is 34.1 Å². The van der Waals surface area contributed by atoms with Crippen molar-refractivity contribution in [3.63, 3.8) is 0 Å². The number of carbonyl (C=O) groups is 1. The molecule has 2 bridgehead atoms. The Hall–Kier alpha value is -3.61. The largest absolute Gasteiger partial charge is 0.366 e. The summed E-state index contributed by atoms with van der Waals surface area (Å²) in [5, 5.41) is 0.708. The first-order chi connectivity index (χ1) is 14.6. The third-order valence-corrected chi connectivity index (χ3v) is 6.32. The van der Waals surface area contributed by atoms with Gasteiger partial charge in [0, 0.05) is 29.1 Å². The maximum atomic E-state index is 13.5. The van der Waals surface area contributed by atoms with Gasteiger partial charge in [-0.25, -0.2) is 9.37 Å². The Morgan fingerprint density at radius 1 is 1.13 bits per heavy atom. The van der Waals surface area contributed by atoms with Crippen LogP contribution in [0.15, 0.2) is 48.8 Å². The Morgan fingerprint density at radius 2 is 2.03 bits per heavy atom. The number of pyridine rings is 2. The van der Waals surface area contributed by atoms with Gasteiger partial charge in [-0.05, 0) is 49.6 Å². The molecule has 1 fully saturated rings. The van der Waals surface area contributed by atoms with Crippen molar-refractivity contribution in [2.45, 2.75) is 31.2 Å². The van der Waals surface area contributed by atoms with Gasteiger partial charge in [0.05, 0.1) is 28.7 Å². The molecule has 1 aromatic carbocycles. The molecule has 4 heterocycles. The van der Waals surface area contributed by atoms with Crippen molar-refractivity contribution in [3.05, 3.63) is 66.0 Å². The first-order valence-electron chi connectivity index (χ1n) is 10.0. The number of halogens is 1. The Kier molecular flexibility index (Phi) is 3.56. The number of carbonyl (C=O) groups excluding carboxylic acids is 1. The van der Waals surface area contributed by atoms with E-state index in [1.165, 1.54) is 12.3 Å². The van der Waals surface area contributed by atoms with Crippen molar-refractivity contribution in [2.75, 3.05) is 0 Å². The zero-order valence-electron chi connectivity index (χ0n) is 16.0. The molecule has 1 amide bonds. The van der Waals surface area contributed by atoms with Gasteiger partial charge < -0.3 is 10.3 Å². The molecule has 0 spiro atoms. The van der Waals surface area contributed by atoms with E-state index in [4.69, 9.17) is 10.7 Å². The van der Waals surface area contributed by atoms with Gasteiger partial charge in [0.2, 0.25) is 5.91 Å². The first kappa shape index (κ1) is 17.3. The van der Waals surface area contributed by atoms with Crippen LogP contribution in [0.1, 0.15) is 47.4 Å². The van der Waals surface area contributed by atoms with E-state index in [1.54, 1.807) is 18.3 Å². The average molecular weight is 399 g/mol. The minimum atomic E-state index is -0.488. The van der Waals surface area contributed by atoms with Gasteiger partial charge >= 0.3 is 0 Å². The second-order valence-electron chi connectivity index (χ2n) is 8.02. The Balaban J connectivity index is 1.63. The molecule has 7 heteroatoms. The lowest BCUT2D eigenvalue weighted by molar-refractivity contribution is 0.100. The highest BCUT2D eigenvalue weighted by Crippen LogP contribution is 2.52. The highest BCUT2D eigenvalue weighted by atomic mass is 19.1. The minimum Gasteiger partial charge on any atom is -0.366 e. The number of benzene rings is 1. The number of nitrogens with zero attached hydrogens (tertiary/aromatic N) is 4. The van der Waals surface area contributed by atoms with Gasteiger partial charge in [0.15, 0.2) is 0 Å². The zero-order valence-corrected chi connectivity index (χ0v) is 16.0. The van der Waals surface area contributed by atoms with Crippen LogP contribution in [0.3, 0.4) is 0 Å². The van der Waals surface area contributed by atoms with Crippen LogP contribution in [-0.2, 0) is 0 Å². The molecule has 0 radical (unpaired) electrons. The summed E-state index contributed by atoms with van der Waals surface area (Å²) in [6.45, 7) is 0. The van der Waals surface area contributed by atoms with Crippen molar-refractivity contribution >= 4 is 16.8 Å². The summed E-state index contributed by atoms with van der Waals surface area (Å²) in [5.41, 5.74) is 9.99. The molecule has 2 N–H and O–H groups in total. The van der Waals surface area contributed by atoms with Crippen LogP contribution in [0.5, 0.6) is 0 Å². The SMILES string of the molecule is NC(=O)c1ccnc2ccc(-c3c(-c4ccc(F)cn4)nc4n3[C@@H]3CC[C@H]4C3)cc12. The second kappa shape index (κ2) is 6.19. The van der Waals surface area contributed by atoms with E-state index in [1.807, 2.05) is 18.2 Å². The van der Waals surface area contributed by atoms with Gasteiger partial charge in [0.25, 0.3) is 0 Å². The Morgan fingerprint density at radius 3 is 2.83 bits per heavy atom. The van der Waals surface area contributed by atoms with Gasteiger partial charge in [-0.2, -0.15) is 0 Å². The zero-order chi connectivity index (χ0) is 20.4. The van der Waals surface area contributed by atoms with Gasteiger partial charge in [-0.15, -0.1) is 0 Å². The fourth-order valence-corrected chi connectivity index (χ4v) is 5.01. The first-order valence-corrected chi connectivity index (χ1v) is 10.0. The lowest BCUT2D eigenvalue weighted by Gasteiger charge is -2.17. The lowest BCUT2D eigenvalue weighted by Crippen LogP contribution is -2.12. The molecule has 0 unspecified atom stereocenters. The number of primary amides is 1. The van der Waals surface area contributed by atoms with Crippen molar-refractivity contribution < 1.29 is 9.18 Å². The molecule has 1 aliphatic heterocycles. The molecular weight excluding hydrogens is 381 g/mol. The summed E-state index contributed by atoms with van der Waals surface area (Å²) in [6, 6.07) is 10.9. The molecule has 148 valence electrons. The van der Waals surface area contributed by atoms with E-state index in [-0.39, 0.29) is 5.82 Å². The van der Waals surface area contributed by atoms with Crippen LogP contribution in [0.4, 0.5) is 4.39 Å². The molecule has 6 nitrogen and oxygen atoms in total. The van der Waals surface area contributed by atoms with Crippen LogP contribution < -0.4 is 5.73 Å². The van der Waals surface area contributed by atoms with Crippen LogP contribution in [0.2, 0.25) is 0 Å². The van der Waals surface area contributed by atoms with Crippen LogP contribution >= 0.6 is 0 Å². The van der Waals surface area contributed by atoms with Crippen LogP contribution in [-0.4, -0.2) is 25.4 Å². The molecule has 3 aromatic heterocycles. The van der Waals surface area contributed by atoms with Crippen LogP contribution in [0, 0.1) is 5.82 Å². The number of aromatic nitrogens is 4. The molecule has 30 heavy (non-hydrogen) atoms. The van der Waals surface area contributed by atoms with Crippen molar-refractivity contribution in [2.24, 2.45) is 5.73 Å². The number of fused-ring (bicyclic) bond motifs is 6. The lowest BCUT2D eigenvalue weighted by atomic mass is 10.0. The summed E-state index contributed by atoms with van der Waals surface area (Å²) in [6.07, 6.45) is 6.18. The molecule has 6 rings (SSSR count). The van der Waals surface area contributed by atoms with Crippen molar-refractivity contribution in [3.8, 4) is 22.6 Å². The fraction of sp³-hybridized carbons (Fsp3) is 0.217. The predicted octanol–water partition coefficient (Wildman–Crippen LogP) is 4.22. The summed E-state index contributed by atoms with van der Waals surface area (Å²) in [4.78, 5) is 25.6. The topological polar surface area (TPSA) is 86.7 Å². The smallest absolute Gasteiger partial charge is 0.249 e. The molecular formula is C23H18FN5O. The van der Waals surface area contributed by atoms with E-state index < -0.39 is 5.91 Å². The van der Waals surface area contributed by atoms with E-state index in [2.05, 4.69) is 14.5 Å². The van der Waals surface area contributed by atoms with Crippen molar-refractivity contribution in [1.29, 1.82) is 0 Å².